The molecule has 0 fully saturated rings. The van der Waals surface area contributed by atoms with E-state index in [1.165, 1.54) is 6.07 Å². The molecule has 0 saturated heterocycles. The Kier molecular flexibility index (Phi) is 1.47. The Morgan fingerprint density at radius 1 is 1.50 bits per heavy atom. The standard InChI is InChI=1S/C10H7O2/c1-7-6-10(11)12-9-5-3-2-4-8(7)9/h3-6H,1H3. The summed E-state index contributed by atoms with van der Waals surface area (Å²) in [4.78, 5) is 10.9. The lowest BCUT2D eigenvalue weighted by Crippen LogP contribution is -1.97. The predicted octanol–water partition coefficient (Wildman–Crippen LogP) is 1.90. The molecule has 0 aliphatic rings. The molecular weight excluding hydrogens is 152 g/mol. The van der Waals surface area contributed by atoms with Crippen molar-refractivity contribution < 1.29 is 4.42 Å². The number of hydrogen-bond acceptors (Lipinski definition) is 2. The Hall–Kier alpha value is -1.57. The smallest absolute Gasteiger partial charge is 0.336 e. The van der Waals surface area contributed by atoms with Crippen molar-refractivity contribution in [3.63, 3.8) is 0 Å². The van der Waals surface area contributed by atoms with Crippen LogP contribution in [0.25, 0.3) is 11.0 Å². The third-order valence-corrected chi connectivity index (χ3v) is 1.79. The summed E-state index contributed by atoms with van der Waals surface area (Å²) in [5.74, 6) is 0. The third kappa shape index (κ3) is 1.01. The fourth-order valence-electron chi connectivity index (χ4n) is 1.21. The lowest BCUT2D eigenvalue weighted by molar-refractivity contribution is 0.560. The summed E-state index contributed by atoms with van der Waals surface area (Å²) in [5.41, 5.74) is 1.25. The molecule has 2 heteroatoms. The Labute approximate surface area is 69.4 Å². The quantitative estimate of drug-likeness (QED) is 0.549. The number of aryl methyl sites for hydroxylation is 1. The highest BCUT2D eigenvalue weighted by Crippen LogP contribution is 2.14. The molecule has 12 heavy (non-hydrogen) atoms. The second kappa shape index (κ2) is 2.48. The van der Waals surface area contributed by atoms with Gasteiger partial charge in [0.25, 0.3) is 0 Å². The fraction of sp³-hybridized carbons (Fsp3) is 0.100. The molecule has 0 N–H and O–H groups in total. The van der Waals surface area contributed by atoms with Crippen LogP contribution in [0.1, 0.15) is 5.56 Å². The number of hydrogen-bond donors (Lipinski definition) is 0. The summed E-state index contributed by atoms with van der Waals surface area (Å²) in [6, 6.07) is 9.70. The van der Waals surface area contributed by atoms with Gasteiger partial charge in [0, 0.05) is 11.5 Å². The van der Waals surface area contributed by atoms with E-state index in [-0.39, 0.29) is 5.63 Å². The molecular formula is C10H7O2. The van der Waals surface area contributed by atoms with E-state index in [9.17, 15) is 4.79 Å². The molecule has 1 aromatic carbocycles. The minimum absolute atomic E-state index is 0.300. The minimum atomic E-state index is -0.300. The van der Waals surface area contributed by atoms with Gasteiger partial charge in [-0.25, -0.2) is 4.79 Å². The molecule has 0 unspecified atom stereocenters. The molecule has 59 valence electrons. The summed E-state index contributed by atoms with van der Waals surface area (Å²) >= 11 is 0. The molecule has 0 bridgehead atoms. The van der Waals surface area contributed by atoms with E-state index >= 15 is 0 Å². The SMILES string of the molecule is Cc1cc(=O)oc2cc[c]cc12. The highest BCUT2D eigenvalue weighted by molar-refractivity contribution is 5.79. The van der Waals surface area contributed by atoms with E-state index in [1.54, 1.807) is 12.1 Å². The van der Waals surface area contributed by atoms with Crippen molar-refractivity contribution in [2.45, 2.75) is 6.92 Å². The van der Waals surface area contributed by atoms with Gasteiger partial charge in [-0.05, 0) is 30.7 Å². The first kappa shape index (κ1) is 7.10. The summed E-state index contributed by atoms with van der Waals surface area (Å²) in [6.45, 7) is 1.88. The maximum atomic E-state index is 10.9. The van der Waals surface area contributed by atoms with Gasteiger partial charge in [0.1, 0.15) is 5.58 Å². The van der Waals surface area contributed by atoms with Crippen LogP contribution in [0.15, 0.2) is 33.5 Å². The van der Waals surface area contributed by atoms with Gasteiger partial charge in [-0.2, -0.15) is 0 Å². The highest BCUT2D eigenvalue weighted by Gasteiger charge is 1.98. The van der Waals surface area contributed by atoms with Gasteiger partial charge < -0.3 is 4.42 Å². The van der Waals surface area contributed by atoms with E-state index in [4.69, 9.17) is 4.42 Å². The number of benzene rings is 1. The van der Waals surface area contributed by atoms with Crippen LogP contribution in [0.3, 0.4) is 0 Å². The number of fused-ring (bicyclic) bond motifs is 1. The minimum Gasteiger partial charge on any atom is -0.423 e. The average molecular weight is 159 g/mol. The highest BCUT2D eigenvalue weighted by atomic mass is 16.4. The Bertz CT molecular complexity index is 468. The maximum Gasteiger partial charge on any atom is 0.336 e. The molecule has 0 spiro atoms. The van der Waals surface area contributed by atoms with Gasteiger partial charge in [0.15, 0.2) is 0 Å². The molecule has 0 amide bonds. The second-order valence-corrected chi connectivity index (χ2v) is 2.67. The lowest BCUT2D eigenvalue weighted by atomic mass is 10.1. The van der Waals surface area contributed by atoms with Crippen LogP contribution < -0.4 is 5.63 Å². The first-order valence-corrected chi connectivity index (χ1v) is 3.68. The van der Waals surface area contributed by atoms with E-state index in [0.29, 0.717) is 5.58 Å². The van der Waals surface area contributed by atoms with Crippen molar-refractivity contribution in [1.29, 1.82) is 0 Å². The molecule has 1 aromatic heterocycles. The van der Waals surface area contributed by atoms with E-state index < -0.39 is 0 Å². The van der Waals surface area contributed by atoms with Gasteiger partial charge in [0.05, 0.1) is 0 Å². The molecule has 0 aliphatic heterocycles. The van der Waals surface area contributed by atoms with Crippen LogP contribution in [0.2, 0.25) is 0 Å². The second-order valence-electron chi connectivity index (χ2n) is 2.67. The molecule has 0 aliphatic carbocycles. The third-order valence-electron chi connectivity index (χ3n) is 1.79. The van der Waals surface area contributed by atoms with E-state index in [2.05, 4.69) is 6.07 Å². The Balaban J connectivity index is 2.99. The van der Waals surface area contributed by atoms with Gasteiger partial charge in [-0.15, -0.1) is 0 Å². The van der Waals surface area contributed by atoms with Crippen molar-refractivity contribution in [3.8, 4) is 0 Å². The van der Waals surface area contributed by atoms with Crippen molar-refractivity contribution >= 4 is 11.0 Å². The van der Waals surface area contributed by atoms with Gasteiger partial charge in [0.2, 0.25) is 0 Å². The average Bonchev–Trinajstić information content (AvgIpc) is 2.04. The molecule has 1 heterocycles. The zero-order chi connectivity index (χ0) is 8.55. The first-order valence-electron chi connectivity index (χ1n) is 3.68. The topological polar surface area (TPSA) is 30.2 Å². The van der Waals surface area contributed by atoms with Crippen LogP contribution in [0.4, 0.5) is 0 Å². The van der Waals surface area contributed by atoms with Crippen LogP contribution in [-0.4, -0.2) is 0 Å². The molecule has 2 aromatic rings. The van der Waals surface area contributed by atoms with E-state index in [1.807, 2.05) is 13.0 Å². The zero-order valence-electron chi connectivity index (χ0n) is 6.63. The molecule has 0 saturated carbocycles. The molecule has 0 atom stereocenters. The lowest BCUT2D eigenvalue weighted by Gasteiger charge is -1.97. The van der Waals surface area contributed by atoms with Gasteiger partial charge in [-0.3, -0.25) is 0 Å². The van der Waals surface area contributed by atoms with Crippen LogP contribution in [0.5, 0.6) is 0 Å². The normalized spacial score (nSPS) is 10.4. The summed E-state index contributed by atoms with van der Waals surface area (Å²) in [6.07, 6.45) is 0. The van der Waals surface area contributed by atoms with Gasteiger partial charge >= 0.3 is 5.63 Å². The Morgan fingerprint density at radius 3 is 3.17 bits per heavy atom. The monoisotopic (exact) mass is 159 g/mol. The largest absolute Gasteiger partial charge is 0.423 e. The van der Waals surface area contributed by atoms with Crippen LogP contribution in [0, 0.1) is 13.0 Å². The fourth-order valence-corrected chi connectivity index (χ4v) is 1.21. The van der Waals surface area contributed by atoms with Crippen LogP contribution in [-0.2, 0) is 0 Å². The zero-order valence-corrected chi connectivity index (χ0v) is 6.63. The van der Waals surface area contributed by atoms with Crippen molar-refractivity contribution in [2.24, 2.45) is 0 Å². The van der Waals surface area contributed by atoms with E-state index in [0.717, 1.165) is 10.9 Å². The van der Waals surface area contributed by atoms with Crippen molar-refractivity contribution in [3.05, 3.63) is 46.3 Å². The first-order chi connectivity index (χ1) is 5.77. The van der Waals surface area contributed by atoms with Crippen molar-refractivity contribution in [2.75, 3.05) is 0 Å². The summed E-state index contributed by atoms with van der Waals surface area (Å²) in [7, 11) is 0. The molecule has 1 radical (unpaired) electrons. The Morgan fingerprint density at radius 2 is 2.33 bits per heavy atom. The van der Waals surface area contributed by atoms with Crippen molar-refractivity contribution in [1.82, 2.24) is 0 Å². The molecule has 2 rings (SSSR count). The molecule has 2 nitrogen and oxygen atoms in total. The van der Waals surface area contributed by atoms with Crippen LogP contribution >= 0.6 is 0 Å². The summed E-state index contributed by atoms with van der Waals surface area (Å²) in [5, 5.41) is 0.942. The maximum absolute atomic E-state index is 10.9. The number of rotatable bonds is 0. The predicted molar refractivity (Wildman–Crippen MR) is 46.1 cm³/mol. The van der Waals surface area contributed by atoms with Gasteiger partial charge in [-0.1, -0.05) is 6.07 Å². The summed E-state index contributed by atoms with van der Waals surface area (Å²) < 4.78 is 4.97.